The zero-order valence-corrected chi connectivity index (χ0v) is 12.9. The zero-order valence-electron chi connectivity index (χ0n) is 12.9. The Morgan fingerprint density at radius 1 is 1.08 bits per heavy atom. The van der Waals surface area contributed by atoms with Crippen LogP contribution in [0.1, 0.15) is 16.7 Å². The second-order valence-corrected chi connectivity index (χ2v) is 4.88. The Bertz CT molecular complexity index is 792. The van der Waals surface area contributed by atoms with Gasteiger partial charge in [-0.1, -0.05) is 48.2 Å². The Hall–Kier alpha value is -3.01. The monoisotopic (exact) mass is 351 g/mol. The summed E-state index contributed by atoms with van der Waals surface area (Å²) in [6.45, 7) is -0.177. The van der Waals surface area contributed by atoms with Crippen molar-refractivity contribution in [1.29, 1.82) is 0 Å². The third kappa shape index (κ3) is 5.53. The van der Waals surface area contributed by atoms with Gasteiger partial charge in [0.1, 0.15) is 18.0 Å². The topological polar surface area (TPSA) is 38.3 Å². The quantitative estimate of drug-likeness (QED) is 0.667. The van der Waals surface area contributed by atoms with Crippen LogP contribution in [0.2, 0.25) is 0 Å². The van der Waals surface area contributed by atoms with Gasteiger partial charge in [0.15, 0.2) is 0 Å². The van der Waals surface area contributed by atoms with Crippen LogP contribution in [0, 0.1) is 17.7 Å². The van der Waals surface area contributed by atoms with Gasteiger partial charge < -0.3 is 10.1 Å². The van der Waals surface area contributed by atoms with Crippen molar-refractivity contribution in [1.82, 2.24) is 5.32 Å². The molecule has 2 aromatic rings. The highest BCUT2D eigenvalue weighted by Gasteiger charge is 2.36. The molecule has 0 fully saturated rings. The van der Waals surface area contributed by atoms with Gasteiger partial charge in [0.2, 0.25) is 0 Å². The second kappa shape index (κ2) is 8.20. The molecule has 130 valence electrons. The molecule has 0 atom stereocenters. The molecule has 0 saturated carbocycles. The molecule has 0 bridgehead atoms. The number of hydrogen-bond acceptors (Lipinski definition) is 2. The van der Waals surface area contributed by atoms with Gasteiger partial charge in [0.25, 0.3) is 0 Å². The van der Waals surface area contributed by atoms with Gasteiger partial charge in [-0.15, -0.1) is 0 Å². The normalized spacial score (nSPS) is 10.6. The van der Waals surface area contributed by atoms with Crippen molar-refractivity contribution in [2.75, 3.05) is 6.54 Å². The van der Waals surface area contributed by atoms with Crippen molar-refractivity contribution >= 4 is 6.09 Å². The van der Waals surface area contributed by atoms with Crippen LogP contribution in [0.5, 0.6) is 0 Å². The molecule has 0 aliphatic rings. The maximum absolute atomic E-state index is 13.4. The molecule has 0 aliphatic heterocycles. The summed E-state index contributed by atoms with van der Waals surface area (Å²) < 4.78 is 56.7. The third-order valence-corrected chi connectivity index (χ3v) is 3.05. The number of carbonyl (C=O) groups is 1. The maximum atomic E-state index is 13.4. The fourth-order valence-electron chi connectivity index (χ4n) is 1.95. The van der Waals surface area contributed by atoms with E-state index in [4.69, 9.17) is 4.74 Å². The van der Waals surface area contributed by atoms with Crippen LogP contribution >= 0.6 is 0 Å². The molecule has 0 aliphatic carbocycles. The Kier molecular flexibility index (Phi) is 6.01. The summed E-state index contributed by atoms with van der Waals surface area (Å²) in [7, 11) is 0. The highest BCUT2D eigenvalue weighted by Crippen LogP contribution is 2.33. The lowest BCUT2D eigenvalue weighted by Gasteiger charge is -2.09. The average Bonchev–Trinajstić information content (AvgIpc) is 2.56. The molecule has 7 heteroatoms. The number of alkyl halides is 3. The predicted octanol–water partition coefficient (Wildman–Crippen LogP) is 4.12. The molecule has 0 saturated heterocycles. The summed E-state index contributed by atoms with van der Waals surface area (Å²) in [6, 6.07) is 11.9. The van der Waals surface area contributed by atoms with Gasteiger partial charge in [-0.3, -0.25) is 0 Å². The van der Waals surface area contributed by atoms with Gasteiger partial charge in [-0.05, 0) is 17.7 Å². The number of alkyl carbamates (subject to hydrolysis) is 1. The average molecular weight is 351 g/mol. The number of benzene rings is 2. The maximum Gasteiger partial charge on any atom is 0.420 e. The van der Waals surface area contributed by atoms with E-state index in [-0.39, 0.29) is 13.2 Å². The number of amides is 1. The number of halogens is 4. The number of ether oxygens (including phenoxy) is 1. The lowest BCUT2D eigenvalue weighted by atomic mass is 10.1. The first-order valence-corrected chi connectivity index (χ1v) is 7.17. The summed E-state index contributed by atoms with van der Waals surface area (Å²) >= 11 is 0. The number of hydrogen-bond donors (Lipinski definition) is 1. The first kappa shape index (κ1) is 18.3. The molecule has 0 aromatic heterocycles. The van der Waals surface area contributed by atoms with Gasteiger partial charge in [-0.2, -0.15) is 13.2 Å². The van der Waals surface area contributed by atoms with Crippen LogP contribution in [0.4, 0.5) is 22.4 Å². The van der Waals surface area contributed by atoms with Gasteiger partial charge in [0.05, 0.1) is 6.54 Å². The van der Waals surface area contributed by atoms with Gasteiger partial charge in [-0.25, -0.2) is 9.18 Å². The fourth-order valence-corrected chi connectivity index (χ4v) is 1.95. The Morgan fingerprint density at radius 2 is 1.80 bits per heavy atom. The van der Waals surface area contributed by atoms with Crippen LogP contribution < -0.4 is 5.32 Å². The van der Waals surface area contributed by atoms with E-state index in [0.717, 1.165) is 17.7 Å². The van der Waals surface area contributed by atoms with E-state index >= 15 is 0 Å². The largest absolute Gasteiger partial charge is 0.445 e. The minimum atomic E-state index is -4.85. The molecule has 25 heavy (non-hydrogen) atoms. The lowest BCUT2D eigenvalue weighted by molar-refractivity contribution is -0.140. The predicted molar refractivity (Wildman–Crippen MR) is 82.9 cm³/mol. The zero-order chi connectivity index (χ0) is 18.3. The van der Waals surface area contributed by atoms with Crippen molar-refractivity contribution in [2.24, 2.45) is 0 Å². The molecular weight excluding hydrogens is 338 g/mol. The molecule has 2 aromatic carbocycles. The minimum Gasteiger partial charge on any atom is -0.445 e. The van der Waals surface area contributed by atoms with Crippen LogP contribution in [-0.2, 0) is 17.5 Å². The number of carbonyl (C=O) groups excluding carboxylic acids is 1. The molecule has 3 nitrogen and oxygen atoms in total. The number of rotatable bonds is 3. The Morgan fingerprint density at radius 3 is 2.48 bits per heavy atom. The molecule has 0 heterocycles. The first-order valence-electron chi connectivity index (χ1n) is 7.17. The Balaban J connectivity index is 1.91. The minimum absolute atomic E-state index is 0.0578. The van der Waals surface area contributed by atoms with Crippen LogP contribution in [0.25, 0.3) is 0 Å². The third-order valence-electron chi connectivity index (χ3n) is 3.05. The summed E-state index contributed by atoms with van der Waals surface area (Å²) in [5.41, 5.74) is -1.13. The van der Waals surface area contributed by atoms with E-state index < -0.39 is 29.2 Å². The first-order chi connectivity index (χ1) is 11.9. The van der Waals surface area contributed by atoms with Crippen molar-refractivity contribution in [3.8, 4) is 11.8 Å². The van der Waals surface area contributed by atoms with Crippen LogP contribution in [0.3, 0.4) is 0 Å². The summed E-state index contributed by atoms with van der Waals surface area (Å²) in [5.74, 6) is 3.16. The lowest BCUT2D eigenvalue weighted by Crippen LogP contribution is -2.24. The van der Waals surface area contributed by atoms with Crippen molar-refractivity contribution in [3.63, 3.8) is 0 Å². The van der Waals surface area contributed by atoms with E-state index in [9.17, 15) is 22.4 Å². The molecular formula is C18H13F4NO2. The van der Waals surface area contributed by atoms with Crippen molar-refractivity contribution in [3.05, 3.63) is 71.0 Å². The van der Waals surface area contributed by atoms with E-state index in [1.165, 1.54) is 0 Å². The molecule has 0 unspecified atom stereocenters. The standard InChI is InChI=1S/C18H13F4NO2/c19-15-10-4-8-14(16(15)18(20,21)22)9-5-11-23-17(24)25-12-13-6-2-1-3-7-13/h1-4,6-8,10H,11-12H2,(H,23,24). The van der Waals surface area contributed by atoms with Gasteiger partial charge >= 0.3 is 12.3 Å². The SMILES string of the molecule is O=C(NCC#Cc1cccc(F)c1C(F)(F)F)OCc1ccccc1. The summed E-state index contributed by atoms with van der Waals surface area (Å²) in [6.07, 6.45) is -5.61. The Labute approximate surface area is 141 Å². The second-order valence-electron chi connectivity index (χ2n) is 4.88. The van der Waals surface area contributed by atoms with Crippen LogP contribution in [-0.4, -0.2) is 12.6 Å². The fraction of sp³-hybridized carbons (Fsp3) is 0.167. The van der Waals surface area contributed by atoms with Crippen LogP contribution in [0.15, 0.2) is 48.5 Å². The molecule has 0 radical (unpaired) electrons. The summed E-state index contributed by atoms with van der Waals surface area (Å²) in [4.78, 5) is 11.5. The van der Waals surface area contributed by atoms with Gasteiger partial charge in [0, 0.05) is 5.56 Å². The smallest absolute Gasteiger partial charge is 0.420 e. The molecule has 1 N–H and O–H groups in total. The van der Waals surface area contributed by atoms with E-state index in [1.54, 1.807) is 24.3 Å². The number of nitrogens with one attached hydrogen (secondary N) is 1. The molecule has 2 rings (SSSR count). The molecule has 0 spiro atoms. The summed E-state index contributed by atoms with van der Waals surface area (Å²) in [5, 5.41) is 2.29. The highest BCUT2D eigenvalue weighted by molar-refractivity contribution is 5.67. The highest BCUT2D eigenvalue weighted by atomic mass is 19.4. The van der Waals surface area contributed by atoms with Crippen molar-refractivity contribution < 1.29 is 27.1 Å². The van der Waals surface area contributed by atoms with E-state index in [2.05, 4.69) is 17.2 Å². The molecule has 1 amide bonds. The van der Waals surface area contributed by atoms with E-state index in [1.807, 2.05) is 6.07 Å². The van der Waals surface area contributed by atoms with E-state index in [0.29, 0.717) is 6.07 Å². The van der Waals surface area contributed by atoms with Crippen molar-refractivity contribution in [2.45, 2.75) is 12.8 Å².